The van der Waals surface area contributed by atoms with Crippen molar-refractivity contribution >= 4 is 11.6 Å². The van der Waals surface area contributed by atoms with E-state index in [0.717, 1.165) is 16.8 Å². The number of carbonyl (C=O) groups is 1. The van der Waals surface area contributed by atoms with Gasteiger partial charge in [0.05, 0.1) is 11.3 Å². The van der Waals surface area contributed by atoms with Gasteiger partial charge in [0.25, 0.3) is 5.91 Å². The number of hydrogen-bond donors (Lipinski definition) is 2. The zero-order valence-corrected chi connectivity index (χ0v) is 14.2. The minimum absolute atomic E-state index is 0.190. The Balaban J connectivity index is 1.51. The molecule has 0 bridgehead atoms. The van der Waals surface area contributed by atoms with Gasteiger partial charge in [-0.25, -0.2) is 4.39 Å². The Bertz CT molecular complexity index is 853. The van der Waals surface area contributed by atoms with Crippen LogP contribution in [0.25, 0.3) is 0 Å². The van der Waals surface area contributed by atoms with Crippen LogP contribution in [0, 0.1) is 5.82 Å². The van der Waals surface area contributed by atoms with E-state index < -0.39 is 0 Å². The Hall–Kier alpha value is -3.28. The molecule has 0 fully saturated rings. The van der Waals surface area contributed by atoms with Gasteiger partial charge >= 0.3 is 0 Å². The monoisotopic (exact) mass is 350 g/mol. The van der Waals surface area contributed by atoms with Crippen molar-refractivity contribution in [2.24, 2.45) is 0 Å². The van der Waals surface area contributed by atoms with Gasteiger partial charge < -0.3 is 10.6 Å². The number of amides is 1. The summed E-state index contributed by atoms with van der Waals surface area (Å²) < 4.78 is 12.9. The number of nitrogens with one attached hydrogen (secondary N) is 2. The van der Waals surface area contributed by atoms with E-state index in [2.05, 4.69) is 20.6 Å². The lowest BCUT2D eigenvalue weighted by Gasteiger charge is -2.09. The average Bonchev–Trinajstić information content (AvgIpc) is 2.69. The quantitative estimate of drug-likeness (QED) is 0.687. The van der Waals surface area contributed by atoms with Crippen LogP contribution >= 0.6 is 0 Å². The van der Waals surface area contributed by atoms with Crippen LogP contribution < -0.4 is 10.6 Å². The Morgan fingerprint density at radius 3 is 2.62 bits per heavy atom. The normalized spacial score (nSPS) is 10.3. The first-order valence-corrected chi connectivity index (χ1v) is 8.31. The van der Waals surface area contributed by atoms with E-state index in [1.165, 1.54) is 18.3 Å². The Kier molecular flexibility index (Phi) is 5.88. The summed E-state index contributed by atoms with van der Waals surface area (Å²) in [5, 5.41) is 6.08. The molecule has 1 amide bonds. The molecule has 3 rings (SSSR count). The molecule has 2 N–H and O–H groups in total. The maximum Gasteiger partial charge on any atom is 0.252 e. The standard InChI is InChI=1S/C20H19FN4O/c21-18-5-3-15(4-6-18)7-9-24-20(26)17-10-19(14-23-13-17)25-12-16-2-1-8-22-11-16/h1-6,8,10-11,13-14,25H,7,9,12H2,(H,24,26). The van der Waals surface area contributed by atoms with Crippen molar-refractivity contribution in [1.29, 1.82) is 0 Å². The topological polar surface area (TPSA) is 66.9 Å². The molecule has 0 radical (unpaired) electrons. The molecule has 6 heteroatoms. The van der Waals surface area contributed by atoms with E-state index in [1.807, 2.05) is 12.1 Å². The summed E-state index contributed by atoms with van der Waals surface area (Å²) in [6.07, 6.45) is 7.35. The number of anilines is 1. The number of pyridine rings is 2. The molecule has 1 aromatic carbocycles. The average molecular weight is 350 g/mol. The van der Waals surface area contributed by atoms with Gasteiger partial charge in [-0.1, -0.05) is 18.2 Å². The van der Waals surface area contributed by atoms with Crippen LogP contribution in [0.4, 0.5) is 10.1 Å². The van der Waals surface area contributed by atoms with E-state index in [9.17, 15) is 9.18 Å². The van der Waals surface area contributed by atoms with Gasteiger partial charge in [0, 0.05) is 37.9 Å². The lowest BCUT2D eigenvalue weighted by molar-refractivity contribution is 0.0954. The van der Waals surface area contributed by atoms with E-state index in [4.69, 9.17) is 0 Å². The largest absolute Gasteiger partial charge is 0.380 e. The van der Waals surface area contributed by atoms with Gasteiger partial charge in [-0.3, -0.25) is 14.8 Å². The first-order valence-electron chi connectivity index (χ1n) is 8.31. The highest BCUT2D eigenvalue weighted by molar-refractivity contribution is 5.94. The number of nitrogens with zero attached hydrogens (tertiary/aromatic N) is 2. The number of benzene rings is 1. The minimum Gasteiger partial charge on any atom is -0.380 e. The second-order valence-electron chi connectivity index (χ2n) is 5.81. The fraction of sp³-hybridized carbons (Fsp3) is 0.150. The van der Waals surface area contributed by atoms with E-state index in [-0.39, 0.29) is 11.7 Å². The molecule has 0 aliphatic heterocycles. The van der Waals surface area contributed by atoms with Gasteiger partial charge in [0.15, 0.2) is 0 Å². The van der Waals surface area contributed by atoms with Gasteiger partial charge in [0.1, 0.15) is 5.82 Å². The van der Waals surface area contributed by atoms with Gasteiger partial charge in [-0.2, -0.15) is 0 Å². The van der Waals surface area contributed by atoms with E-state index in [1.54, 1.807) is 36.8 Å². The van der Waals surface area contributed by atoms with Crippen LogP contribution in [0.5, 0.6) is 0 Å². The minimum atomic E-state index is -0.264. The fourth-order valence-electron chi connectivity index (χ4n) is 2.44. The molecular formula is C20H19FN4O. The highest BCUT2D eigenvalue weighted by Gasteiger charge is 2.07. The van der Waals surface area contributed by atoms with Gasteiger partial charge in [0.2, 0.25) is 0 Å². The summed E-state index contributed by atoms with van der Waals surface area (Å²) in [7, 11) is 0. The Morgan fingerprint density at radius 1 is 1.00 bits per heavy atom. The van der Waals surface area contributed by atoms with Crippen LogP contribution in [-0.2, 0) is 13.0 Å². The third-order valence-electron chi connectivity index (χ3n) is 3.83. The zero-order valence-electron chi connectivity index (χ0n) is 14.2. The maximum atomic E-state index is 12.9. The van der Waals surface area contributed by atoms with Crippen LogP contribution in [0.15, 0.2) is 67.3 Å². The number of aromatic nitrogens is 2. The molecule has 0 spiro atoms. The first-order chi connectivity index (χ1) is 12.7. The fourth-order valence-corrected chi connectivity index (χ4v) is 2.44. The summed E-state index contributed by atoms with van der Waals surface area (Å²) in [5.74, 6) is -0.455. The number of carbonyl (C=O) groups excluding carboxylic acids is 1. The second kappa shape index (κ2) is 8.71. The van der Waals surface area contributed by atoms with Crippen molar-refractivity contribution in [2.75, 3.05) is 11.9 Å². The van der Waals surface area contributed by atoms with Crippen LogP contribution in [0.1, 0.15) is 21.5 Å². The van der Waals surface area contributed by atoms with Crippen LogP contribution in [0.3, 0.4) is 0 Å². The molecule has 26 heavy (non-hydrogen) atoms. The molecule has 2 heterocycles. The van der Waals surface area contributed by atoms with Crippen molar-refractivity contribution in [2.45, 2.75) is 13.0 Å². The third-order valence-corrected chi connectivity index (χ3v) is 3.83. The predicted molar refractivity (Wildman–Crippen MR) is 98.2 cm³/mol. The molecule has 5 nitrogen and oxygen atoms in total. The van der Waals surface area contributed by atoms with Crippen molar-refractivity contribution < 1.29 is 9.18 Å². The maximum absolute atomic E-state index is 12.9. The van der Waals surface area contributed by atoms with Crippen molar-refractivity contribution in [3.63, 3.8) is 0 Å². The van der Waals surface area contributed by atoms with Gasteiger partial charge in [-0.15, -0.1) is 0 Å². The summed E-state index contributed by atoms with van der Waals surface area (Å²) in [6.45, 7) is 1.07. The van der Waals surface area contributed by atoms with E-state index in [0.29, 0.717) is 25.1 Å². The highest BCUT2D eigenvalue weighted by Crippen LogP contribution is 2.10. The van der Waals surface area contributed by atoms with Crippen molar-refractivity contribution in [1.82, 2.24) is 15.3 Å². The molecular weight excluding hydrogens is 331 g/mol. The van der Waals surface area contributed by atoms with Crippen LogP contribution in [0.2, 0.25) is 0 Å². The van der Waals surface area contributed by atoms with Gasteiger partial charge in [-0.05, 0) is 41.8 Å². The van der Waals surface area contributed by atoms with Crippen molar-refractivity contribution in [3.8, 4) is 0 Å². The van der Waals surface area contributed by atoms with Crippen LogP contribution in [-0.4, -0.2) is 22.4 Å². The summed E-state index contributed by atoms with van der Waals surface area (Å²) in [4.78, 5) is 20.4. The highest BCUT2D eigenvalue weighted by atomic mass is 19.1. The smallest absolute Gasteiger partial charge is 0.252 e. The molecule has 0 saturated heterocycles. The van der Waals surface area contributed by atoms with Crippen molar-refractivity contribution in [3.05, 3.63) is 89.8 Å². The molecule has 3 aromatic rings. The second-order valence-corrected chi connectivity index (χ2v) is 5.81. The summed E-state index contributed by atoms with van der Waals surface area (Å²) >= 11 is 0. The molecule has 132 valence electrons. The lowest BCUT2D eigenvalue weighted by atomic mass is 10.1. The molecule has 0 atom stereocenters. The number of hydrogen-bond acceptors (Lipinski definition) is 4. The summed E-state index contributed by atoms with van der Waals surface area (Å²) in [6, 6.07) is 11.9. The molecule has 0 unspecified atom stereocenters. The first kappa shape index (κ1) is 17.5. The Labute approximate surface area is 151 Å². The lowest BCUT2D eigenvalue weighted by Crippen LogP contribution is -2.25. The molecule has 0 aliphatic carbocycles. The molecule has 2 aromatic heterocycles. The van der Waals surface area contributed by atoms with E-state index >= 15 is 0 Å². The third kappa shape index (κ3) is 5.11. The Morgan fingerprint density at radius 2 is 1.85 bits per heavy atom. The number of halogens is 1. The predicted octanol–water partition coefficient (Wildman–Crippen LogP) is 3.20. The SMILES string of the molecule is O=C(NCCc1ccc(F)cc1)c1cncc(NCc2cccnc2)c1. The zero-order chi connectivity index (χ0) is 18.2. The molecule has 0 saturated carbocycles. The molecule has 0 aliphatic rings. The number of rotatable bonds is 7. The summed E-state index contributed by atoms with van der Waals surface area (Å²) in [5.41, 5.74) is 3.26.